The van der Waals surface area contributed by atoms with Gasteiger partial charge in [0.15, 0.2) is 11.5 Å². The molecule has 0 amide bonds. The van der Waals surface area contributed by atoms with Crippen LogP contribution in [0.1, 0.15) is 30.9 Å². The van der Waals surface area contributed by atoms with E-state index in [1.54, 1.807) is 0 Å². The lowest BCUT2D eigenvalue weighted by molar-refractivity contribution is -0.0851. The summed E-state index contributed by atoms with van der Waals surface area (Å²) < 4.78 is 0. The van der Waals surface area contributed by atoms with E-state index in [1.165, 1.54) is 5.56 Å². The van der Waals surface area contributed by atoms with Crippen molar-refractivity contribution in [2.75, 3.05) is 0 Å². The average molecular weight is 164 g/mol. The molecule has 2 rings (SSSR count). The summed E-state index contributed by atoms with van der Waals surface area (Å²) in [4.78, 5) is 10.2. The van der Waals surface area contributed by atoms with Crippen LogP contribution in [0, 0.1) is 6.92 Å². The molecular weight excluding hydrogens is 152 g/mol. The molecular formula is C10H12O2. The van der Waals surface area contributed by atoms with Gasteiger partial charge in [-0.3, -0.25) is 9.78 Å². The number of rotatable bonds is 1. The number of hydrogen-bond acceptors (Lipinski definition) is 2. The Morgan fingerprint density at radius 1 is 1.17 bits per heavy atom. The second-order valence-corrected chi connectivity index (χ2v) is 3.44. The molecule has 0 saturated carbocycles. The highest BCUT2D eigenvalue weighted by atomic mass is 17.2. The van der Waals surface area contributed by atoms with E-state index in [0.717, 1.165) is 17.1 Å². The lowest BCUT2D eigenvalue weighted by Crippen LogP contribution is -1.91. The highest BCUT2D eigenvalue weighted by Crippen LogP contribution is 2.42. The van der Waals surface area contributed by atoms with E-state index in [9.17, 15) is 0 Å². The number of benzene rings is 1. The standard InChI is InChI=1S/C10H12O2/c1-6(2)9-8-5-4-7(3)10(9)12-11-8/h4-6H,1-3H3. The molecule has 64 valence electrons. The highest BCUT2D eigenvalue weighted by Gasteiger charge is 2.24. The Bertz CT molecular complexity index is 316. The first-order valence-corrected chi connectivity index (χ1v) is 4.18. The molecule has 1 heterocycles. The van der Waals surface area contributed by atoms with Crippen LogP contribution in [-0.4, -0.2) is 0 Å². The van der Waals surface area contributed by atoms with Gasteiger partial charge in [-0.1, -0.05) is 19.9 Å². The van der Waals surface area contributed by atoms with Gasteiger partial charge in [0.2, 0.25) is 0 Å². The lowest BCUT2D eigenvalue weighted by atomic mass is 9.99. The molecule has 1 aromatic carbocycles. The van der Waals surface area contributed by atoms with Crippen LogP contribution in [0.4, 0.5) is 0 Å². The third-order valence-corrected chi connectivity index (χ3v) is 2.15. The summed E-state index contributed by atoms with van der Waals surface area (Å²) in [6, 6.07) is 3.98. The molecule has 2 heteroatoms. The number of fused-ring (bicyclic) bond motifs is 2. The number of aryl methyl sites for hydroxylation is 1. The summed E-state index contributed by atoms with van der Waals surface area (Å²) in [5.41, 5.74) is 2.33. The molecule has 2 bridgehead atoms. The van der Waals surface area contributed by atoms with Gasteiger partial charge in [0.25, 0.3) is 0 Å². The molecule has 0 N–H and O–H groups in total. The van der Waals surface area contributed by atoms with Crippen molar-refractivity contribution in [3.63, 3.8) is 0 Å². The average Bonchev–Trinajstić information content (AvgIpc) is 2.35. The van der Waals surface area contributed by atoms with Crippen LogP contribution >= 0.6 is 0 Å². The van der Waals surface area contributed by atoms with Crippen LogP contribution < -0.4 is 9.78 Å². The Morgan fingerprint density at radius 3 is 2.50 bits per heavy atom. The summed E-state index contributed by atoms with van der Waals surface area (Å²) in [5.74, 6) is 2.23. The second kappa shape index (κ2) is 2.41. The molecule has 0 aliphatic carbocycles. The van der Waals surface area contributed by atoms with Crippen molar-refractivity contribution in [3.8, 4) is 11.5 Å². The van der Waals surface area contributed by atoms with Crippen molar-refractivity contribution >= 4 is 0 Å². The van der Waals surface area contributed by atoms with Crippen molar-refractivity contribution in [1.82, 2.24) is 0 Å². The van der Waals surface area contributed by atoms with Crippen molar-refractivity contribution in [2.24, 2.45) is 0 Å². The van der Waals surface area contributed by atoms with Crippen molar-refractivity contribution in [3.05, 3.63) is 23.3 Å². The van der Waals surface area contributed by atoms with Gasteiger partial charge in [-0.25, -0.2) is 0 Å². The van der Waals surface area contributed by atoms with E-state index in [1.807, 2.05) is 19.1 Å². The molecule has 0 fully saturated rings. The van der Waals surface area contributed by atoms with Gasteiger partial charge in [0.1, 0.15) is 0 Å². The Morgan fingerprint density at radius 2 is 1.92 bits per heavy atom. The molecule has 12 heavy (non-hydrogen) atoms. The monoisotopic (exact) mass is 164 g/mol. The zero-order chi connectivity index (χ0) is 8.72. The fourth-order valence-electron chi connectivity index (χ4n) is 1.51. The molecule has 0 aromatic heterocycles. The van der Waals surface area contributed by atoms with Crippen LogP contribution in [0.2, 0.25) is 0 Å². The van der Waals surface area contributed by atoms with E-state index in [4.69, 9.17) is 9.78 Å². The fourth-order valence-corrected chi connectivity index (χ4v) is 1.51. The van der Waals surface area contributed by atoms with Crippen molar-refractivity contribution in [1.29, 1.82) is 0 Å². The Kier molecular flexibility index (Phi) is 1.50. The summed E-state index contributed by atoms with van der Waals surface area (Å²) in [6.45, 7) is 6.30. The molecule has 1 aromatic rings. The molecule has 2 nitrogen and oxygen atoms in total. The molecule has 0 saturated heterocycles. The summed E-state index contributed by atoms with van der Waals surface area (Å²) in [7, 11) is 0. The normalized spacial score (nSPS) is 13.0. The lowest BCUT2D eigenvalue weighted by Gasteiger charge is -2.03. The smallest absolute Gasteiger partial charge is 0.188 e. The van der Waals surface area contributed by atoms with Gasteiger partial charge in [-0.15, -0.1) is 0 Å². The quantitative estimate of drug-likeness (QED) is 0.594. The molecule has 1 aliphatic heterocycles. The van der Waals surface area contributed by atoms with Gasteiger partial charge >= 0.3 is 0 Å². The zero-order valence-corrected chi connectivity index (χ0v) is 7.55. The summed E-state index contributed by atoms with van der Waals surface area (Å²) in [6.07, 6.45) is 0. The second-order valence-electron chi connectivity index (χ2n) is 3.44. The molecule has 0 unspecified atom stereocenters. The van der Waals surface area contributed by atoms with Crippen molar-refractivity contribution < 1.29 is 9.78 Å². The van der Waals surface area contributed by atoms with Crippen LogP contribution in [0.3, 0.4) is 0 Å². The molecule has 0 atom stereocenters. The summed E-state index contributed by atoms with van der Waals surface area (Å²) >= 11 is 0. The topological polar surface area (TPSA) is 18.5 Å². The van der Waals surface area contributed by atoms with Crippen molar-refractivity contribution in [2.45, 2.75) is 26.7 Å². The van der Waals surface area contributed by atoms with E-state index < -0.39 is 0 Å². The minimum Gasteiger partial charge on any atom is -0.289 e. The first-order chi connectivity index (χ1) is 5.70. The van der Waals surface area contributed by atoms with E-state index >= 15 is 0 Å². The van der Waals surface area contributed by atoms with Gasteiger partial charge in [-0.05, 0) is 24.5 Å². The maximum atomic E-state index is 5.11. The largest absolute Gasteiger partial charge is 0.289 e. The third kappa shape index (κ3) is 0.876. The van der Waals surface area contributed by atoms with E-state index in [2.05, 4.69) is 13.8 Å². The fraction of sp³-hybridized carbons (Fsp3) is 0.400. The third-order valence-electron chi connectivity index (χ3n) is 2.15. The predicted molar refractivity (Wildman–Crippen MR) is 46.5 cm³/mol. The Balaban J connectivity index is 2.62. The van der Waals surface area contributed by atoms with E-state index in [0.29, 0.717) is 5.92 Å². The summed E-state index contributed by atoms with van der Waals surface area (Å²) in [5, 5.41) is 0. The minimum atomic E-state index is 0.456. The van der Waals surface area contributed by atoms with Gasteiger partial charge in [0, 0.05) is 5.56 Å². The van der Waals surface area contributed by atoms with Gasteiger partial charge in [-0.2, -0.15) is 0 Å². The molecule has 0 spiro atoms. The minimum absolute atomic E-state index is 0.456. The maximum absolute atomic E-state index is 5.11. The zero-order valence-electron chi connectivity index (χ0n) is 7.55. The van der Waals surface area contributed by atoms with E-state index in [-0.39, 0.29) is 0 Å². The van der Waals surface area contributed by atoms with Crippen LogP contribution in [0.15, 0.2) is 12.1 Å². The maximum Gasteiger partial charge on any atom is 0.188 e. The first-order valence-electron chi connectivity index (χ1n) is 4.18. The van der Waals surface area contributed by atoms with Gasteiger partial charge < -0.3 is 0 Å². The highest BCUT2D eigenvalue weighted by molar-refractivity contribution is 5.53. The SMILES string of the molecule is Cc1ccc2c(C(C)C)c1OO2. The molecule has 0 radical (unpaired) electrons. The van der Waals surface area contributed by atoms with Crippen LogP contribution in [0.5, 0.6) is 11.5 Å². The van der Waals surface area contributed by atoms with Crippen LogP contribution in [-0.2, 0) is 0 Å². The predicted octanol–water partition coefficient (Wildman–Crippen LogP) is 2.80. The van der Waals surface area contributed by atoms with Gasteiger partial charge in [0.05, 0.1) is 0 Å². The Hall–Kier alpha value is -1.18. The van der Waals surface area contributed by atoms with Crippen LogP contribution in [0.25, 0.3) is 0 Å². The molecule has 1 aliphatic rings. The Labute approximate surface area is 72.0 Å². The first kappa shape index (κ1) is 7.47. The number of hydrogen-bond donors (Lipinski definition) is 0.